The van der Waals surface area contributed by atoms with Gasteiger partial charge in [-0.1, -0.05) is 74.0 Å². The second-order valence-electron chi connectivity index (χ2n) is 12.2. The number of nitrogens with one attached hydrogen (secondary N) is 4. The summed E-state index contributed by atoms with van der Waals surface area (Å²) in [5.74, 6) is 1.59. The Labute approximate surface area is 301 Å². The molecule has 0 aliphatic heterocycles. The Balaban J connectivity index is 1.08. The van der Waals surface area contributed by atoms with Gasteiger partial charge in [0, 0.05) is 41.8 Å². The van der Waals surface area contributed by atoms with Crippen LogP contribution in [0.3, 0.4) is 0 Å². The summed E-state index contributed by atoms with van der Waals surface area (Å²) in [6.07, 6.45) is 0.916. The Morgan fingerprint density at radius 2 is 1.62 bits per heavy atom. The molecule has 0 bridgehead atoms. The van der Waals surface area contributed by atoms with Crippen molar-refractivity contribution >= 4 is 40.2 Å². The molecule has 4 N–H and O–H groups in total. The minimum Gasteiger partial charge on any atom is -0.438 e. The van der Waals surface area contributed by atoms with E-state index < -0.39 is 12.3 Å². The molecule has 0 spiro atoms. The van der Waals surface area contributed by atoms with E-state index in [1.165, 1.54) is 7.11 Å². The smallest absolute Gasteiger partial charge is 0.324 e. The highest BCUT2D eigenvalue weighted by atomic mass is 16.5. The molecule has 13 nitrogen and oxygen atoms in total. The molecule has 1 atom stereocenters. The number of benzene rings is 4. The molecule has 2 heterocycles. The maximum Gasteiger partial charge on any atom is 0.324 e. The molecule has 52 heavy (non-hydrogen) atoms. The molecule has 0 saturated carbocycles. The maximum atomic E-state index is 13.4. The minimum atomic E-state index is -0.651. The van der Waals surface area contributed by atoms with E-state index in [9.17, 15) is 9.59 Å². The van der Waals surface area contributed by atoms with Gasteiger partial charge in [0.2, 0.25) is 11.8 Å². The van der Waals surface area contributed by atoms with Crippen molar-refractivity contribution in [2.45, 2.75) is 32.9 Å². The van der Waals surface area contributed by atoms with Crippen molar-refractivity contribution in [2.24, 2.45) is 0 Å². The Bertz CT molecular complexity index is 2140. The number of fused-ring (bicyclic) bond motifs is 1. The van der Waals surface area contributed by atoms with E-state index in [0.717, 1.165) is 27.7 Å². The standard InChI is InChI=1S/C39H40N8O5/c1-25(2)32-22-34(47(46-32)28-16-14-26(3)15-17-28)43-39(49)42-31-18-19-33(30-13-9-8-12-29(30)31)52-35-20-21-40-38(45-35)41-24-51-23-36(50-4)44-37(48)27-10-6-5-7-11-27/h5-22,25,36H,23-24H2,1-4H3,(H,44,48)(H,40,41,45)(H2,42,43,49). The van der Waals surface area contributed by atoms with Crippen molar-refractivity contribution in [3.63, 3.8) is 0 Å². The average molecular weight is 701 g/mol. The number of rotatable bonds is 14. The van der Waals surface area contributed by atoms with Gasteiger partial charge < -0.3 is 30.2 Å². The lowest BCUT2D eigenvalue weighted by Gasteiger charge is -2.17. The predicted octanol–water partition coefficient (Wildman–Crippen LogP) is 7.47. The minimum absolute atomic E-state index is 0.0560. The maximum absolute atomic E-state index is 13.4. The monoisotopic (exact) mass is 700 g/mol. The lowest BCUT2D eigenvalue weighted by molar-refractivity contribution is -0.00267. The van der Waals surface area contributed by atoms with Crippen molar-refractivity contribution in [3.05, 3.63) is 126 Å². The van der Waals surface area contributed by atoms with Gasteiger partial charge in [0.25, 0.3) is 5.91 Å². The Kier molecular flexibility index (Phi) is 11.3. The van der Waals surface area contributed by atoms with Gasteiger partial charge >= 0.3 is 6.03 Å². The molecule has 3 amide bonds. The number of carbonyl (C=O) groups is 2. The third-order valence-corrected chi connectivity index (χ3v) is 8.03. The first-order chi connectivity index (χ1) is 25.3. The molecule has 6 aromatic rings. The van der Waals surface area contributed by atoms with Crippen LogP contribution in [0.25, 0.3) is 16.5 Å². The van der Waals surface area contributed by atoms with Gasteiger partial charge in [0.1, 0.15) is 18.3 Å². The normalized spacial score (nSPS) is 11.6. The molecule has 1 unspecified atom stereocenters. The van der Waals surface area contributed by atoms with Gasteiger partial charge in [-0.05, 0) is 49.2 Å². The lowest BCUT2D eigenvalue weighted by atomic mass is 10.1. The van der Waals surface area contributed by atoms with E-state index in [-0.39, 0.29) is 31.1 Å². The molecule has 0 aliphatic rings. The number of hydrogen-bond donors (Lipinski definition) is 4. The second kappa shape index (κ2) is 16.6. The summed E-state index contributed by atoms with van der Waals surface area (Å²) in [4.78, 5) is 34.5. The Hall–Kier alpha value is -6.31. The summed E-state index contributed by atoms with van der Waals surface area (Å²) in [5, 5.41) is 18.0. The number of methoxy groups -OCH3 is 1. The van der Waals surface area contributed by atoms with Gasteiger partial charge in [0.15, 0.2) is 6.23 Å². The summed E-state index contributed by atoms with van der Waals surface area (Å²) in [5.41, 5.74) is 3.97. The van der Waals surface area contributed by atoms with E-state index in [4.69, 9.17) is 19.3 Å². The molecule has 0 aliphatic carbocycles. The van der Waals surface area contributed by atoms with Crippen LogP contribution >= 0.6 is 0 Å². The van der Waals surface area contributed by atoms with Gasteiger partial charge in [-0.2, -0.15) is 10.1 Å². The molecule has 6 rings (SSSR count). The summed E-state index contributed by atoms with van der Waals surface area (Å²) in [7, 11) is 1.49. The molecular formula is C39H40N8O5. The van der Waals surface area contributed by atoms with Crippen LogP contribution in [0.4, 0.5) is 22.2 Å². The summed E-state index contributed by atoms with van der Waals surface area (Å²) in [6.45, 7) is 6.30. The van der Waals surface area contributed by atoms with E-state index in [2.05, 4.69) is 45.1 Å². The van der Waals surface area contributed by atoms with Crippen molar-refractivity contribution in [2.75, 3.05) is 36.4 Å². The first-order valence-electron chi connectivity index (χ1n) is 16.8. The van der Waals surface area contributed by atoms with E-state index in [1.807, 2.05) is 67.6 Å². The first-order valence-corrected chi connectivity index (χ1v) is 16.8. The number of hydrogen-bond acceptors (Lipinski definition) is 9. The highest BCUT2D eigenvalue weighted by molar-refractivity contribution is 6.07. The Morgan fingerprint density at radius 1 is 0.865 bits per heavy atom. The third kappa shape index (κ3) is 8.88. The highest BCUT2D eigenvalue weighted by Crippen LogP contribution is 2.34. The van der Waals surface area contributed by atoms with Gasteiger partial charge in [-0.15, -0.1) is 0 Å². The van der Waals surface area contributed by atoms with Gasteiger partial charge in [0.05, 0.1) is 23.7 Å². The molecule has 0 saturated heterocycles. The van der Waals surface area contributed by atoms with Crippen molar-refractivity contribution in [1.29, 1.82) is 0 Å². The number of ether oxygens (including phenoxy) is 3. The van der Waals surface area contributed by atoms with Crippen LogP contribution in [0.5, 0.6) is 11.6 Å². The van der Waals surface area contributed by atoms with Crippen LogP contribution in [0, 0.1) is 6.92 Å². The van der Waals surface area contributed by atoms with Crippen LogP contribution in [0.15, 0.2) is 109 Å². The molecule has 13 heteroatoms. The van der Waals surface area contributed by atoms with E-state index >= 15 is 0 Å². The van der Waals surface area contributed by atoms with Crippen LogP contribution in [-0.4, -0.2) is 58.4 Å². The first kappa shape index (κ1) is 35.5. The van der Waals surface area contributed by atoms with Gasteiger partial charge in [-0.3, -0.25) is 10.1 Å². The largest absolute Gasteiger partial charge is 0.438 e. The van der Waals surface area contributed by atoms with Gasteiger partial charge in [-0.25, -0.2) is 14.5 Å². The van der Waals surface area contributed by atoms with E-state index in [0.29, 0.717) is 28.7 Å². The fraction of sp³-hybridized carbons (Fsp3) is 0.205. The molecule has 4 aromatic carbocycles. The topological polar surface area (TPSA) is 154 Å². The number of aryl methyl sites for hydroxylation is 1. The quantitative estimate of drug-likeness (QED) is 0.0669. The summed E-state index contributed by atoms with van der Waals surface area (Å²) < 4.78 is 18.9. The molecule has 266 valence electrons. The average Bonchev–Trinajstić information content (AvgIpc) is 3.58. The number of nitrogens with zero attached hydrogens (tertiary/aromatic N) is 4. The van der Waals surface area contributed by atoms with Crippen LogP contribution in [0.2, 0.25) is 0 Å². The van der Waals surface area contributed by atoms with Crippen molar-refractivity contribution in [3.8, 4) is 17.3 Å². The number of aromatic nitrogens is 4. The SMILES string of the molecule is COC(COCNc1nccc(Oc2ccc(NC(=O)Nc3cc(C(C)C)nn3-c3ccc(C)cc3)c3ccccc23)n1)NC(=O)c1ccccc1. The number of carbonyl (C=O) groups excluding carboxylic acids is 2. The van der Waals surface area contributed by atoms with E-state index in [1.54, 1.807) is 53.3 Å². The fourth-order valence-electron chi connectivity index (χ4n) is 5.26. The van der Waals surface area contributed by atoms with Crippen LogP contribution < -0.4 is 26.0 Å². The number of anilines is 3. The zero-order valence-electron chi connectivity index (χ0n) is 29.3. The van der Waals surface area contributed by atoms with Crippen LogP contribution in [-0.2, 0) is 9.47 Å². The zero-order chi connectivity index (χ0) is 36.5. The third-order valence-electron chi connectivity index (χ3n) is 8.03. The van der Waals surface area contributed by atoms with Crippen LogP contribution in [0.1, 0.15) is 41.4 Å². The number of amides is 3. The van der Waals surface area contributed by atoms with Crippen molar-refractivity contribution in [1.82, 2.24) is 25.1 Å². The molecular weight excluding hydrogens is 660 g/mol. The fourth-order valence-corrected chi connectivity index (χ4v) is 5.26. The highest BCUT2D eigenvalue weighted by Gasteiger charge is 2.17. The molecule has 2 aromatic heterocycles. The lowest BCUT2D eigenvalue weighted by Crippen LogP contribution is -2.40. The second-order valence-corrected chi connectivity index (χ2v) is 12.2. The predicted molar refractivity (Wildman–Crippen MR) is 200 cm³/mol. The summed E-state index contributed by atoms with van der Waals surface area (Å²) in [6, 6.07) is 31.1. The molecule has 0 radical (unpaired) electrons. The number of urea groups is 1. The summed E-state index contributed by atoms with van der Waals surface area (Å²) >= 11 is 0. The molecule has 0 fully saturated rings. The zero-order valence-corrected chi connectivity index (χ0v) is 29.3. The van der Waals surface area contributed by atoms with Crippen molar-refractivity contribution < 1.29 is 23.8 Å². The Morgan fingerprint density at radius 3 is 2.37 bits per heavy atom.